The first-order chi connectivity index (χ1) is 9.24. The van der Waals surface area contributed by atoms with Crippen LogP contribution in [-0.4, -0.2) is 40.7 Å². The van der Waals surface area contributed by atoms with E-state index in [1.165, 1.54) is 11.8 Å². The number of thioether (sulfide) groups is 1. The summed E-state index contributed by atoms with van der Waals surface area (Å²) in [5.74, 6) is 1.28. The second kappa shape index (κ2) is 5.13. The molecule has 0 spiro atoms. The van der Waals surface area contributed by atoms with E-state index < -0.39 is 5.97 Å². The molecule has 0 bridgehead atoms. The second-order valence-corrected chi connectivity index (χ2v) is 5.66. The number of carbonyl (C=O) groups is 1. The molecular formula is C13H14N2O3S. The summed E-state index contributed by atoms with van der Waals surface area (Å²) < 4.78 is 5.70. The van der Waals surface area contributed by atoms with Gasteiger partial charge < -0.3 is 14.4 Å². The highest BCUT2D eigenvalue weighted by molar-refractivity contribution is 7.99. The molecule has 1 fully saturated rings. The van der Waals surface area contributed by atoms with Crippen LogP contribution in [0.3, 0.4) is 0 Å². The van der Waals surface area contributed by atoms with Gasteiger partial charge in [-0.25, -0.2) is 4.79 Å². The van der Waals surface area contributed by atoms with Crippen LogP contribution < -0.4 is 4.90 Å². The number of anilines is 1. The van der Waals surface area contributed by atoms with Crippen molar-refractivity contribution in [2.45, 2.75) is 6.42 Å². The maximum Gasteiger partial charge on any atom is 0.335 e. The van der Waals surface area contributed by atoms with Crippen LogP contribution in [-0.2, 0) is 0 Å². The summed E-state index contributed by atoms with van der Waals surface area (Å²) >= 11 is 1.94. The van der Waals surface area contributed by atoms with Crippen molar-refractivity contribution in [1.29, 1.82) is 0 Å². The lowest BCUT2D eigenvalue weighted by atomic mass is 10.2. The third-order valence-corrected chi connectivity index (χ3v) is 4.17. The Morgan fingerprint density at radius 1 is 1.37 bits per heavy atom. The Morgan fingerprint density at radius 3 is 3.11 bits per heavy atom. The number of benzene rings is 1. The van der Waals surface area contributed by atoms with Crippen molar-refractivity contribution in [2.24, 2.45) is 0 Å². The molecule has 0 atom stereocenters. The van der Waals surface area contributed by atoms with E-state index in [1.54, 1.807) is 12.1 Å². The summed E-state index contributed by atoms with van der Waals surface area (Å²) in [6.07, 6.45) is 1.11. The number of hydrogen-bond donors (Lipinski definition) is 1. The van der Waals surface area contributed by atoms with E-state index >= 15 is 0 Å². The van der Waals surface area contributed by atoms with Crippen molar-refractivity contribution in [2.75, 3.05) is 29.5 Å². The van der Waals surface area contributed by atoms with Gasteiger partial charge in [-0.3, -0.25) is 0 Å². The molecule has 2 heterocycles. The predicted molar refractivity (Wildman–Crippen MR) is 75.1 cm³/mol. The number of carboxylic acid groups (broad SMARTS) is 1. The molecule has 5 nitrogen and oxygen atoms in total. The number of oxazole rings is 1. The number of aromatic nitrogens is 1. The van der Waals surface area contributed by atoms with Crippen LogP contribution in [0.25, 0.3) is 11.1 Å². The minimum Gasteiger partial charge on any atom is -0.478 e. The molecule has 1 aliphatic rings. The van der Waals surface area contributed by atoms with Crippen LogP contribution in [0.5, 0.6) is 0 Å². The van der Waals surface area contributed by atoms with Gasteiger partial charge in [0.2, 0.25) is 0 Å². The van der Waals surface area contributed by atoms with E-state index in [2.05, 4.69) is 9.88 Å². The van der Waals surface area contributed by atoms with Crippen molar-refractivity contribution in [3.63, 3.8) is 0 Å². The summed E-state index contributed by atoms with van der Waals surface area (Å²) in [5, 5.41) is 8.96. The highest BCUT2D eigenvalue weighted by Gasteiger charge is 2.16. The molecule has 3 rings (SSSR count). The molecule has 2 aromatic rings. The summed E-state index contributed by atoms with van der Waals surface area (Å²) in [6, 6.07) is 5.37. The van der Waals surface area contributed by atoms with Gasteiger partial charge in [0, 0.05) is 18.8 Å². The van der Waals surface area contributed by atoms with Crippen LogP contribution in [0.1, 0.15) is 16.8 Å². The first kappa shape index (κ1) is 12.3. The lowest BCUT2D eigenvalue weighted by Crippen LogP contribution is -2.25. The van der Waals surface area contributed by atoms with Crippen LogP contribution in [0.2, 0.25) is 0 Å². The highest BCUT2D eigenvalue weighted by atomic mass is 32.2. The van der Waals surface area contributed by atoms with E-state index in [1.807, 2.05) is 11.8 Å². The third kappa shape index (κ3) is 2.53. The minimum absolute atomic E-state index is 0.224. The van der Waals surface area contributed by atoms with Gasteiger partial charge in [-0.1, -0.05) is 0 Å². The highest BCUT2D eigenvalue weighted by Crippen LogP contribution is 2.24. The molecule has 1 saturated heterocycles. The third-order valence-electron chi connectivity index (χ3n) is 3.12. The van der Waals surface area contributed by atoms with E-state index in [9.17, 15) is 4.79 Å². The predicted octanol–water partition coefficient (Wildman–Crippen LogP) is 2.47. The molecule has 1 aromatic heterocycles. The summed E-state index contributed by atoms with van der Waals surface area (Å²) in [7, 11) is 0. The molecule has 0 aliphatic carbocycles. The molecular weight excluding hydrogens is 264 g/mol. The van der Waals surface area contributed by atoms with E-state index in [4.69, 9.17) is 9.52 Å². The smallest absolute Gasteiger partial charge is 0.335 e. The zero-order chi connectivity index (χ0) is 13.2. The first-order valence-electron chi connectivity index (χ1n) is 6.20. The topological polar surface area (TPSA) is 66.6 Å². The Hall–Kier alpha value is -1.69. The van der Waals surface area contributed by atoms with Crippen LogP contribution in [0.15, 0.2) is 22.6 Å². The van der Waals surface area contributed by atoms with Gasteiger partial charge in [0.15, 0.2) is 5.58 Å². The second-order valence-electron chi connectivity index (χ2n) is 4.44. The lowest BCUT2D eigenvalue weighted by molar-refractivity contribution is 0.0697. The SMILES string of the molecule is O=C(O)c1ccc2nc(N3CCCSCC3)oc2c1. The average molecular weight is 278 g/mol. The summed E-state index contributed by atoms with van der Waals surface area (Å²) in [6.45, 7) is 1.86. The molecule has 19 heavy (non-hydrogen) atoms. The molecule has 100 valence electrons. The number of fused-ring (bicyclic) bond motifs is 1. The number of hydrogen-bond acceptors (Lipinski definition) is 5. The van der Waals surface area contributed by atoms with Gasteiger partial charge in [-0.05, 0) is 30.4 Å². The molecule has 6 heteroatoms. The largest absolute Gasteiger partial charge is 0.478 e. The van der Waals surface area contributed by atoms with E-state index in [0.29, 0.717) is 17.1 Å². The van der Waals surface area contributed by atoms with Crippen molar-refractivity contribution in [3.05, 3.63) is 23.8 Å². The molecule has 1 N–H and O–H groups in total. The van der Waals surface area contributed by atoms with Crippen molar-refractivity contribution in [3.8, 4) is 0 Å². The Labute approximate surface area is 114 Å². The van der Waals surface area contributed by atoms with Gasteiger partial charge in [0.25, 0.3) is 6.01 Å². The maximum absolute atomic E-state index is 10.9. The average Bonchev–Trinajstić information content (AvgIpc) is 2.64. The van der Waals surface area contributed by atoms with Crippen molar-refractivity contribution < 1.29 is 14.3 Å². The molecule has 1 aliphatic heterocycles. The zero-order valence-corrected chi connectivity index (χ0v) is 11.2. The zero-order valence-electron chi connectivity index (χ0n) is 10.3. The van der Waals surface area contributed by atoms with Crippen LogP contribution >= 0.6 is 11.8 Å². The Morgan fingerprint density at radius 2 is 2.26 bits per heavy atom. The Balaban J connectivity index is 1.94. The fourth-order valence-corrected chi connectivity index (χ4v) is 3.00. The fourth-order valence-electron chi connectivity index (χ4n) is 2.12. The molecule has 0 unspecified atom stereocenters. The molecule has 0 amide bonds. The fraction of sp³-hybridized carbons (Fsp3) is 0.385. The van der Waals surface area contributed by atoms with Crippen LogP contribution in [0, 0.1) is 0 Å². The monoisotopic (exact) mass is 278 g/mol. The Bertz CT molecular complexity index is 603. The van der Waals surface area contributed by atoms with Crippen molar-refractivity contribution in [1.82, 2.24) is 4.98 Å². The van der Waals surface area contributed by atoms with Gasteiger partial charge >= 0.3 is 5.97 Å². The molecule has 0 saturated carbocycles. The van der Waals surface area contributed by atoms with Gasteiger partial charge in [-0.2, -0.15) is 16.7 Å². The van der Waals surface area contributed by atoms with E-state index in [-0.39, 0.29) is 5.56 Å². The summed E-state index contributed by atoms with van der Waals surface area (Å²) in [4.78, 5) is 17.5. The number of rotatable bonds is 2. The van der Waals surface area contributed by atoms with E-state index in [0.717, 1.165) is 25.3 Å². The number of carboxylic acids is 1. The first-order valence-corrected chi connectivity index (χ1v) is 7.36. The van der Waals surface area contributed by atoms with Gasteiger partial charge in [0.05, 0.1) is 5.56 Å². The van der Waals surface area contributed by atoms with Crippen LogP contribution in [0.4, 0.5) is 6.01 Å². The lowest BCUT2D eigenvalue weighted by Gasteiger charge is -2.16. The van der Waals surface area contributed by atoms with Gasteiger partial charge in [0.1, 0.15) is 5.52 Å². The normalized spacial score (nSPS) is 16.5. The van der Waals surface area contributed by atoms with Crippen molar-refractivity contribution >= 4 is 34.8 Å². The molecule has 0 radical (unpaired) electrons. The minimum atomic E-state index is -0.953. The quantitative estimate of drug-likeness (QED) is 0.910. The summed E-state index contributed by atoms with van der Waals surface area (Å²) in [5.41, 5.74) is 1.46. The Kier molecular flexibility index (Phi) is 3.33. The number of nitrogens with zero attached hydrogens (tertiary/aromatic N) is 2. The number of aromatic carboxylic acids is 1. The molecule has 1 aromatic carbocycles. The standard InChI is InChI=1S/C13H14N2O3S/c16-12(17)9-2-3-10-11(8-9)18-13(14-10)15-4-1-6-19-7-5-15/h2-3,8H,1,4-7H2,(H,16,17). The maximum atomic E-state index is 10.9. The van der Waals surface area contributed by atoms with Gasteiger partial charge in [-0.15, -0.1) is 0 Å².